The first-order chi connectivity index (χ1) is 8.08. The fourth-order valence-electron chi connectivity index (χ4n) is 2.66. The number of carbonyl (C=O) groups excluding carboxylic acids is 2. The normalized spacial score (nSPS) is 22.6. The van der Waals surface area contributed by atoms with Gasteiger partial charge in [-0.15, -0.1) is 0 Å². The smallest absolute Gasteiger partial charge is 0.227 e. The van der Waals surface area contributed by atoms with Gasteiger partial charge >= 0.3 is 0 Å². The topological polar surface area (TPSA) is 77.8 Å². The van der Waals surface area contributed by atoms with Crippen LogP contribution in [0.3, 0.4) is 0 Å². The van der Waals surface area contributed by atoms with Crippen LogP contribution in [0.1, 0.15) is 29.6 Å². The Labute approximate surface area is 97.3 Å². The molecule has 2 aliphatic heterocycles. The standard InChI is InChI=1S/C12H11NO4/c14-7-4-8-12(10(16)5-7)9(15)3-6-1-2-11(17)13(6)8/h4-6,14,16H,1-3H2. The van der Waals surface area contributed by atoms with Gasteiger partial charge in [0.1, 0.15) is 11.5 Å². The van der Waals surface area contributed by atoms with E-state index in [2.05, 4.69) is 0 Å². The van der Waals surface area contributed by atoms with Crippen molar-refractivity contribution in [3.05, 3.63) is 17.7 Å². The molecule has 0 spiro atoms. The van der Waals surface area contributed by atoms with E-state index in [0.717, 1.165) is 6.07 Å². The van der Waals surface area contributed by atoms with Crippen molar-refractivity contribution >= 4 is 17.4 Å². The van der Waals surface area contributed by atoms with Gasteiger partial charge in [0.2, 0.25) is 5.91 Å². The fourth-order valence-corrected chi connectivity index (χ4v) is 2.66. The van der Waals surface area contributed by atoms with Crippen molar-refractivity contribution < 1.29 is 19.8 Å². The van der Waals surface area contributed by atoms with Gasteiger partial charge in [0.05, 0.1) is 11.3 Å². The number of Topliss-reactive ketones (excluding diaryl/α,β-unsaturated/α-hetero) is 1. The van der Waals surface area contributed by atoms with Crippen LogP contribution in [-0.2, 0) is 4.79 Å². The highest BCUT2D eigenvalue weighted by Gasteiger charge is 2.40. The number of phenolic OH excluding ortho intramolecular Hbond substituents is 2. The minimum Gasteiger partial charge on any atom is -0.508 e. The monoisotopic (exact) mass is 233 g/mol. The molecular weight excluding hydrogens is 222 g/mol. The van der Waals surface area contributed by atoms with Crippen molar-refractivity contribution in [1.82, 2.24) is 0 Å². The lowest BCUT2D eigenvalue weighted by Crippen LogP contribution is -2.39. The van der Waals surface area contributed by atoms with Crippen molar-refractivity contribution in [3.8, 4) is 11.5 Å². The number of aromatic hydroxyl groups is 2. The molecule has 17 heavy (non-hydrogen) atoms. The molecule has 5 heteroatoms. The number of rotatable bonds is 0. The summed E-state index contributed by atoms with van der Waals surface area (Å²) < 4.78 is 0. The third-order valence-corrected chi connectivity index (χ3v) is 3.37. The third kappa shape index (κ3) is 1.32. The number of nitrogens with zero attached hydrogens (tertiary/aromatic N) is 1. The maximum absolute atomic E-state index is 11.9. The molecule has 0 saturated carbocycles. The van der Waals surface area contributed by atoms with Crippen LogP contribution < -0.4 is 4.90 Å². The number of carbonyl (C=O) groups is 2. The van der Waals surface area contributed by atoms with Gasteiger partial charge in [-0.3, -0.25) is 9.59 Å². The third-order valence-electron chi connectivity index (χ3n) is 3.37. The Morgan fingerprint density at radius 1 is 1.24 bits per heavy atom. The summed E-state index contributed by atoms with van der Waals surface area (Å²) in [5, 5.41) is 19.1. The first-order valence-electron chi connectivity index (χ1n) is 5.49. The molecule has 1 aromatic carbocycles. The highest BCUT2D eigenvalue weighted by molar-refractivity contribution is 6.12. The van der Waals surface area contributed by atoms with Gasteiger partial charge in [-0.25, -0.2) is 0 Å². The lowest BCUT2D eigenvalue weighted by atomic mass is 9.94. The maximum Gasteiger partial charge on any atom is 0.227 e. The van der Waals surface area contributed by atoms with Crippen LogP contribution in [0.4, 0.5) is 5.69 Å². The molecule has 5 nitrogen and oxygen atoms in total. The van der Waals surface area contributed by atoms with E-state index >= 15 is 0 Å². The zero-order valence-corrected chi connectivity index (χ0v) is 9.01. The SMILES string of the molecule is O=C1CC2CCC(=O)N2c2cc(O)cc(O)c21. The summed E-state index contributed by atoms with van der Waals surface area (Å²) in [5.41, 5.74) is 0.487. The van der Waals surface area contributed by atoms with Gasteiger partial charge in [-0.05, 0) is 6.42 Å². The molecule has 1 amide bonds. The molecule has 0 aromatic heterocycles. The van der Waals surface area contributed by atoms with Crippen LogP contribution in [0, 0.1) is 0 Å². The Bertz CT molecular complexity index is 538. The number of anilines is 1. The summed E-state index contributed by atoms with van der Waals surface area (Å²) in [6.45, 7) is 0. The molecule has 0 bridgehead atoms. The van der Waals surface area contributed by atoms with Crippen molar-refractivity contribution in [2.75, 3.05) is 4.90 Å². The van der Waals surface area contributed by atoms with Crippen LogP contribution in [0.2, 0.25) is 0 Å². The molecule has 88 valence electrons. The molecule has 0 aliphatic carbocycles. The summed E-state index contributed by atoms with van der Waals surface area (Å²) in [4.78, 5) is 25.2. The molecule has 1 unspecified atom stereocenters. The average Bonchev–Trinajstić information content (AvgIpc) is 2.59. The molecule has 2 heterocycles. The average molecular weight is 233 g/mol. The van der Waals surface area contributed by atoms with E-state index in [1.807, 2.05) is 0 Å². The van der Waals surface area contributed by atoms with E-state index in [9.17, 15) is 19.8 Å². The molecule has 0 radical (unpaired) electrons. The Morgan fingerprint density at radius 2 is 2.00 bits per heavy atom. The van der Waals surface area contributed by atoms with E-state index in [1.54, 1.807) is 0 Å². The number of hydrogen-bond donors (Lipinski definition) is 2. The van der Waals surface area contributed by atoms with E-state index in [1.165, 1.54) is 11.0 Å². The van der Waals surface area contributed by atoms with E-state index < -0.39 is 0 Å². The van der Waals surface area contributed by atoms with Crippen molar-refractivity contribution in [3.63, 3.8) is 0 Å². The maximum atomic E-state index is 11.9. The van der Waals surface area contributed by atoms with Gasteiger partial charge in [0, 0.05) is 31.0 Å². The lowest BCUT2D eigenvalue weighted by molar-refractivity contribution is -0.117. The Balaban J connectivity index is 2.24. The van der Waals surface area contributed by atoms with Crippen molar-refractivity contribution in [1.29, 1.82) is 0 Å². The zero-order chi connectivity index (χ0) is 12.2. The lowest BCUT2D eigenvalue weighted by Gasteiger charge is -2.31. The van der Waals surface area contributed by atoms with Crippen LogP contribution in [-0.4, -0.2) is 27.9 Å². The first-order valence-corrected chi connectivity index (χ1v) is 5.49. The van der Waals surface area contributed by atoms with Gasteiger partial charge in [0.25, 0.3) is 0 Å². The number of phenols is 2. The highest BCUT2D eigenvalue weighted by Crippen LogP contribution is 2.42. The summed E-state index contributed by atoms with van der Waals surface area (Å²) >= 11 is 0. The summed E-state index contributed by atoms with van der Waals surface area (Å²) in [6, 6.07) is 2.36. The van der Waals surface area contributed by atoms with Crippen LogP contribution in [0.15, 0.2) is 12.1 Å². The van der Waals surface area contributed by atoms with Crippen LogP contribution >= 0.6 is 0 Å². The van der Waals surface area contributed by atoms with E-state index in [-0.39, 0.29) is 41.2 Å². The molecule has 1 saturated heterocycles. The molecule has 2 N–H and O–H groups in total. The van der Waals surface area contributed by atoms with Crippen LogP contribution in [0.5, 0.6) is 11.5 Å². The van der Waals surface area contributed by atoms with E-state index in [4.69, 9.17) is 0 Å². The fraction of sp³-hybridized carbons (Fsp3) is 0.333. The quantitative estimate of drug-likeness (QED) is 0.705. The minimum absolute atomic E-state index is 0.0613. The van der Waals surface area contributed by atoms with Gasteiger partial charge in [-0.2, -0.15) is 0 Å². The predicted molar refractivity (Wildman–Crippen MR) is 59.2 cm³/mol. The van der Waals surface area contributed by atoms with E-state index in [0.29, 0.717) is 18.5 Å². The van der Waals surface area contributed by atoms with Crippen molar-refractivity contribution in [2.24, 2.45) is 0 Å². The zero-order valence-electron chi connectivity index (χ0n) is 9.01. The molecule has 1 atom stereocenters. The number of fused-ring (bicyclic) bond motifs is 3. The number of amides is 1. The highest BCUT2D eigenvalue weighted by atomic mass is 16.3. The Morgan fingerprint density at radius 3 is 2.76 bits per heavy atom. The molecular formula is C12H11NO4. The summed E-state index contributed by atoms with van der Waals surface area (Å²) in [7, 11) is 0. The van der Waals surface area contributed by atoms with Gasteiger partial charge in [-0.1, -0.05) is 0 Å². The number of benzene rings is 1. The number of ketones is 1. The molecule has 3 rings (SSSR count). The van der Waals surface area contributed by atoms with Gasteiger partial charge < -0.3 is 15.1 Å². The second-order valence-electron chi connectivity index (χ2n) is 4.44. The molecule has 1 fully saturated rings. The van der Waals surface area contributed by atoms with Gasteiger partial charge in [0.15, 0.2) is 5.78 Å². The second kappa shape index (κ2) is 3.23. The summed E-state index contributed by atoms with van der Waals surface area (Å²) in [6.07, 6.45) is 1.31. The second-order valence-corrected chi connectivity index (χ2v) is 4.44. The minimum atomic E-state index is -0.261. The first kappa shape index (κ1) is 10.1. The largest absolute Gasteiger partial charge is 0.508 e. The summed E-state index contributed by atoms with van der Waals surface area (Å²) in [5.74, 6) is -0.639. The van der Waals surface area contributed by atoms with Crippen molar-refractivity contribution in [2.45, 2.75) is 25.3 Å². The number of hydrogen-bond acceptors (Lipinski definition) is 4. The predicted octanol–water partition coefficient (Wildman–Crippen LogP) is 1.18. The molecule has 1 aromatic rings. The Kier molecular flexibility index (Phi) is 1.92. The Hall–Kier alpha value is -2.04. The molecule has 2 aliphatic rings. The van der Waals surface area contributed by atoms with Crippen LogP contribution in [0.25, 0.3) is 0 Å².